The molecule has 2 heterocycles. The van der Waals surface area contributed by atoms with Crippen molar-refractivity contribution in [3.63, 3.8) is 0 Å². The second-order valence-electron chi connectivity index (χ2n) is 8.45. The average Bonchev–Trinajstić information content (AvgIpc) is 3.09. The smallest absolute Gasteiger partial charge is 0.190 e. The van der Waals surface area contributed by atoms with Crippen LogP contribution in [0.1, 0.15) is 29.8 Å². The summed E-state index contributed by atoms with van der Waals surface area (Å²) in [5.41, 5.74) is 4.99. The Morgan fingerprint density at radius 3 is 2.29 bits per heavy atom. The fourth-order valence-electron chi connectivity index (χ4n) is 4.12. The molecule has 0 spiro atoms. The summed E-state index contributed by atoms with van der Waals surface area (Å²) in [6.07, 6.45) is 2.14. The van der Waals surface area contributed by atoms with Gasteiger partial charge in [-0.3, -0.25) is 14.6 Å². The predicted octanol–water partition coefficient (Wildman–Crippen LogP) is 2.58. The van der Waals surface area contributed by atoms with Crippen LogP contribution in [0.15, 0.2) is 35.3 Å². The Hall–Kier alpha value is -2.54. The quantitative estimate of drug-likeness (QED) is 0.367. The molecule has 0 saturated carbocycles. The van der Waals surface area contributed by atoms with Gasteiger partial charge in [0.1, 0.15) is 0 Å². The summed E-state index contributed by atoms with van der Waals surface area (Å²) >= 11 is 0. The van der Waals surface area contributed by atoms with Crippen molar-refractivity contribution in [3.05, 3.63) is 47.3 Å². The lowest BCUT2D eigenvalue weighted by Gasteiger charge is -2.36. The number of piperazine rings is 1. The molecule has 7 nitrogen and oxygen atoms in total. The number of aryl methyl sites for hydroxylation is 4. The molecule has 3 rings (SSSR count). The Kier molecular flexibility index (Phi) is 8.76. The second-order valence-corrected chi connectivity index (χ2v) is 8.45. The molecule has 1 aromatic carbocycles. The molecule has 31 heavy (non-hydrogen) atoms. The van der Waals surface area contributed by atoms with E-state index in [4.69, 9.17) is 0 Å². The van der Waals surface area contributed by atoms with Crippen LogP contribution in [-0.2, 0) is 6.54 Å². The fraction of sp³-hybridized carbons (Fsp3) is 0.583. The van der Waals surface area contributed by atoms with Crippen molar-refractivity contribution < 1.29 is 0 Å². The van der Waals surface area contributed by atoms with Crippen LogP contribution in [0.25, 0.3) is 0 Å². The summed E-state index contributed by atoms with van der Waals surface area (Å²) in [6.45, 7) is 14.7. The Morgan fingerprint density at radius 1 is 0.968 bits per heavy atom. The summed E-state index contributed by atoms with van der Waals surface area (Å²) in [6, 6.07) is 11.0. The maximum atomic E-state index is 4.51. The molecule has 1 aliphatic heterocycles. The van der Waals surface area contributed by atoms with Crippen molar-refractivity contribution in [3.8, 4) is 0 Å². The second kappa shape index (κ2) is 11.7. The van der Waals surface area contributed by atoms with Gasteiger partial charge in [0.15, 0.2) is 5.96 Å². The average molecular weight is 426 g/mol. The number of hydrogen-bond donors (Lipinski definition) is 2. The summed E-state index contributed by atoms with van der Waals surface area (Å²) < 4.78 is 2.08. The minimum atomic E-state index is 0.887. The molecule has 2 N–H and O–H groups in total. The minimum absolute atomic E-state index is 0.887. The molecule has 1 fully saturated rings. The third kappa shape index (κ3) is 7.28. The largest absolute Gasteiger partial charge is 0.369 e. The fourth-order valence-corrected chi connectivity index (χ4v) is 4.12. The van der Waals surface area contributed by atoms with Gasteiger partial charge < -0.3 is 15.5 Å². The topological polar surface area (TPSA) is 60.7 Å². The predicted molar refractivity (Wildman–Crippen MR) is 130 cm³/mol. The van der Waals surface area contributed by atoms with E-state index in [1.54, 1.807) is 0 Å². The van der Waals surface area contributed by atoms with E-state index in [0.717, 1.165) is 76.9 Å². The number of rotatable bonds is 9. The Bertz CT molecular complexity index is 834. The van der Waals surface area contributed by atoms with E-state index in [1.807, 2.05) is 14.0 Å². The lowest BCUT2D eigenvalue weighted by Crippen LogP contribution is -2.47. The van der Waals surface area contributed by atoms with Crippen LogP contribution in [-0.4, -0.2) is 73.5 Å². The number of aromatic nitrogens is 2. The molecule has 0 aliphatic carbocycles. The Balaban J connectivity index is 1.26. The zero-order valence-electron chi connectivity index (χ0n) is 19.7. The molecule has 1 aliphatic rings. The summed E-state index contributed by atoms with van der Waals surface area (Å²) in [5, 5.41) is 11.4. The van der Waals surface area contributed by atoms with Gasteiger partial charge in [-0.2, -0.15) is 5.10 Å². The van der Waals surface area contributed by atoms with Gasteiger partial charge in [-0.25, -0.2) is 0 Å². The van der Waals surface area contributed by atoms with E-state index in [1.165, 1.54) is 16.9 Å². The number of aliphatic imine (C=N–C) groups is 1. The van der Waals surface area contributed by atoms with Crippen LogP contribution in [0.5, 0.6) is 0 Å². The molecule has 7 heteroatoms. The lowest BCUT2D eigenvalue weighted by atomic mass is 10.2. The maximum Gasteiger partial charge on any atom is 0.190 e. The third-order valence-electron chi connectivity index (χ3n) is 5.85. The minimum Gasteiger partial charge on any atom is -0.369 e. The van der Waals surface area contributed by atoms with Crippen LogP contribution >= 0.6 is 0 Å². The number of nitrogens with zero attached hydrogens (tertiary/aromatic N) is 5. The molecule has 2 aromatic rings. The van der Waals surface area contributed by atoms with Gasteiger partial charge in [0.25, 0.3) is 0 Å². The number of benzene rings is 1. The highest BCUT2D eigenvalue weighted by molar-refractivity contribution is 5.79. The first-order valence-corrected chi connectivity index (χ1v) is 11.5. The number of guanidine groups is 1. The highest BCUT2D eigenvalue weighted by Crippen LogP contribution is 2.17. The van der Waals surface area contributed by atoms with Crippen molar-refractivity contribution in [1.29, 1.82) is 0 Å². The van der Waals surface area contributed by atoms with Crippen molar-refractivity contribution in [2.75, 3.05) is 57.8 Å². The van der Waals surface area contributed by atoms with Gasteiger partial charge in [0, 0.05) is 64.2 Å². The molecule has 0 radical (unpaired) electrons. The van der Waals surface area contributed by atoms with E-state index in [-0.39, 0.29) is 0 Å². The first kappa shape index (κ1) is 23.1. The van der Waals surface area contributed by atoms with E-state index < -0.39 is 0 Å². The monoisotopic (exact) mass is 425 g/mol. The first-order chi connectivity index (χ1) is 15.0. The summed E-state index contributed by atoms with van der Waals surface area (Å²) in [5.74, 6) is 0.887. The number of nitrogens with one attached hydrogen (secondary N) is 2. The lowest BCUT2D eigenvalue weighted by molar-refractivity contribution is 0.255. The van der Waals surface area contributed by atoms with Gasteiger partial charge in [0.2, 0.25) is 0 Å². The van der Waals surface area contributed by atoms with Crippen molar-refractivity contribution in [1.82, 2.24) is 25.3 Å². The molecule has 170 valence electrons. The molecular formula is C24H39N7. The maximum absolute atomic E-state index is 4.51. The zero-order chi connectivity index (χ0) is 22.1. The summed E-state index contributed by atoms with van der Waals surface area (Å²) in [4.78, 5) is 9.41. The zero-order valence-corrected chi connectivity index (χ0v) is 19.7. The van der Waals surface area contributed by atoms with E-state index in [2.05, 4.69) is 79.4 Å². The standard InChI is InChI=1S/C24H39N7/c1-20-8-5-9-23(18-20)30-16-14-29(15-17-30)12-6-10-26-24(25-4)27-11-7-13-31-22(3)19-21(2)28-31/h5,8-9,18-19H,6-7,10-17H2,1-4H3,(H2,25,26,27). The van der Waals surface area contributed by atoms with E-state index >= 15 is 0 Å². The molecule has 0 atom stereocenters. The van der Waals surface area contributed by atoms with Gasteiger partial charge >= 0.3 is 0 Å². The van der Waals surface area contributed by atoms with Gasteiger partial charge in [-0.15, -0.1) is 0 Å². The van der Waals surface area contributed by atoms with Crippen LogP contribution < -0.4 is 15.5 Å². The number of anilines is 1. The highest BCUT2D eigenvalue weighted by Gasteiger charge is 2.16. The summed E-state index contributed by atoms with van der Waals surface area (Å²) in [7, 11) is 1.83. The molecule has 0 unspecified atom stereocenters. The SMILES string of the molecule is CN=C(NCCCN1CCN(c2cccc(C)c2)CC1)NCCCn1nc(C)cc1C. The Morgan fingerprint density at radius 2 is 1.68 bits per heavy atom. The van der Waals surface area contributed by atoms with Crippen LogP contribution in [0, 0.1) is 20.8 Å². The van der Waals surface area contributed by atoms with Gasteiger partial charge in [0.05, 0.1) is 5.69 Å². The Labute approximate surface area is 187 Å². The van der Waals surface area contributed by atoms with Crippen molar-refractivity contribution in [2.45, 2.75) is 40.2 Å². The van der Waals surface area contributed by atoms with Gasteiger partial charge in [-0.1, -0.05) is 12.1 Å². The molecule has 0 amide bonds. The van der Waals surface area contributed by atoms with E-state index in [9.17, 15) is 0 Å². The number of hydrogen-bond acceptors (Lipinski definition) is 4. The molecule has 0 bridgehead atoms. The van der Waals surface area contributed by atoms with Crippen LogP contribution in [0.3, 0.4) is 0 Å². The highest BCUT2D eigenvalue weighted by atomic mass is 15.3. The first-order valence-electron chi connectivity index (χ1n) is 11.5. The normalized spacial score (nSPS) is 15.4. The third-order valence-corrected chi connectivity index (χ3v) is 5.85. The molecule has 1 aromatic heterocycles. The van der Waals surface area contributed by atoms with Crippen LogP contribution in [0.2, 0.25) is 0 Å². The molecule has 1 saturated heterocycles. The van der Waals surface area contributed by atoms with Crippen molar-refractivity contribution in [2.24, 2.45) is 4.99 Å². The van der Waals surface area contributed by atoms with Gasteiger partial charge in [-0.05, 0) is 63.9 Å². The van der Waals surface area contributed by atoms with Crippen molar-refractivity contribution >= 4 is 11.6 Å². The van der Waals surface area contributed by atoms with Crippen LogP contribution in [0.4, 0.5) is 5.69 Å². The molecular weight excluding hydrogens is 386 g/mol. The van der Waals surface area contributed by atoms with E-state index in [0.29, 0.717) is 0 Å².